The van der Waals surface area contributed by atoms with Gasteiger partial charge < -0.3 is 9.47 Å². The lowest BCUT2D eigenvalue weighted by Crippen LogP contribution is -2.17. The zero-order valence-electron chi connectivity index (χ0n) is 10.4. The van der Waals surface area contributed by atoms with Crippen molar-refractivity contribution in [3.8, 4) is 11.5 Å². The van der Waals surface area contributed by atoms with Gasteiger partial charge in [0.1, 0.15) is 17.3 Å². The number of carbonyl (C=O) groups is 1. The van der Waals surface area contributed by atoms with Crippen molar-refractivity contribution in [1.82, 2.24) is 0 Å². The molecule has 19 heavy (non-hydrogen) atoms. The highest BCUT2D eigenvalue weighted by molar-refractivity contribution is 5.73. The second-order valence-corrected chi connectivity index (χ2v) is 4.03. The molecule has 2 rings (SSSR count). The Kier molecular flexibility index (Phi) is 4.13. The quantitative estimate of drug-likeness (QED) is 0.626. The topological polar surface area (TPSA) is 35.5 Å². The standard InChI is InChI=1S/C15H13FO3/c1-11-2-6-13(7-3-11)18-10-15(17)19-14-8-4-12(16)5-9-14/h2-9H,10H2,1H3. The maximum absolute atomic E-state index is 12.7. The van der Waals surface area contributed by atoms with E-state index in [9.17, 15) is 9.18 Å². The Hall–Kier alpha value is -2.36. The Labute approximate surface area is 110 Å². The van der Waals surface area contributed by atoms with Gasteiger partial charge in [0.15, 0.2) is 6.61 Å². The average Bonchev–Trinajstić information content (AvgIpc) is 2.41. The third kappa shape index (κ3) is 4.10. The van der Waals surface area contributed by atoms with Crippen LogP contribution in [0.4, 0.5) is 4.39 Å². The normalized spacial score (nSPS) is 10.0. The van der Waals surface area contributed by atoms with E-state index in [4.69, 9.17) is 9.47 Å². The zero-order chi connectivity index (χ0) is 13.7. The van der Waals surface area contributed by atoms with Crippen LogP contribution < -0.4 is 9.47 Å². The lowest BCUT2D eigenvalue weighted by Gasteiger charge is -2.06. The molecule has 0 spiro atoms. The smallest absolute Gasteiger partial charge is 0.349 e. The molecule has 0 aromatic heterocycles. The minimum atomic E-state index is -0.535. The van der Waals surface area contributed by atoms with Gasteiger partial charge >= 0.3 is 5.97 Å². The molecule has 0 heterocycles. The number of ether oxygens (including phenoxy) is 2. The Morgan fingerprint density at radius 2 is 1.58 bits per heavy atom. The fourth-order valence-electron chi connectivity index (χ4n) is 1.44. The summed E-state index contributed by atoms with van der Waals surface area (Å²) < 4.78 is 22.9. The minimum Gasteiger partial charge on any atom is -0.482 e. The third-order valence-corrected chi connectivity index (χ3v) is 2.42. The predicted octanol–water partition coefficient (Wildman–Crippen LogP) is 3.12. The van der Waals surface area contributed by atoms with Gasteiger partial charge in [-0.2, -0.15) is 0 Å². The highest BCUT2D eigenvalue weighted by atomic mass is 19.1. The van der Waals surface area contributed by atoms with Crippen molar-refractivity contribution < 1.29 is 18.7 Å². The molecule has 2 aromatic carbocycles. The average molecular weight is 260 g/mol. The summed E-state index contributed by atoms with van der Waals surface area (Å²) in [5.74, 6) is -0.0246. The number of aryl methyl sites for hydroxylation is 1. The van der Waals surface area contributed by atoms with Crippen molar-refractivity contribution in [2.75, 3.05) is 6.61 Å². The molecule has 98 valence electrons. The molecule has 0 amide bonds. The van der Waals surface area contributed by atoms with Gasteiger partial charge in [-0.1, -0.05) is 17.7 Å². The van der Waals surface area contributed by atoms with Crippen LogP contribution in [0, 0.1) is 12.7 Å². The van der Waals surface area contributed by atoms with Gasteiger partial charge in [0.2, 0.25) is 0 Å². The van der Waals surface area contributed by atoms with E-state index in [0.29, 0.717) is 11.5 Å². The van der Waals surface area contributed by atoms with Crippen LogP contribution in [0.2, 0.25) is 0 Å². The van der Waals surface area contributed by atoms with Crippen LogP contribution in [-0.2, 0) is 4.79 Å². The van der Waals surface area contributed by atoms with Crippen molar-refractivity contribution in [2.24, 2.45) is 0 Å². The lowest BCUT2D eigenvalue weighted by molar-refractivity contribution is -0.136. The molecule has 0 aliphatic heterocycles. The Balaban J connectivity index is 1.84. The van der Waals surface area contributed by atoms with Gasteiger partial charge in [-0.25, -0.2) is 9.18 Å². The van der Waals surface area contributed by atoms with Gasteiger partial charge in [0.05, 0.1) is 0 Å². The van der Waals surface area contributed by atoms with Crippen molar-refractivity contribution in [3.63, 3.8) is 0 Å². The second-order valence-electron chi connectivity index (χ2n) is 4.03. The summed E-state index contributed by atoms with van der Waals surface area (Å²) in [6, 6.07) is 12.6. The second kappa shape index (κ2) is 6.00. The van der Waals surface area contributed by atoms with E-state index in [1.807, 2.05) is 19.1 Å². The highest BCUT2D eigenvalue weighted by Crippen LogP contribution is 2.13. The van der Waals surface area contributed by atoms with E-state index in [2.05, 4.69) is 0 Å². The minimum absolute atomic E-state index is 0.194. The summed E-state index contributed by atoms with van der Waals surface area (Å²) >= 11 is 0. The number of rotatable bonds is 4. The van der Waals surface area contributed by atoms with Crippen LogP contribution >= 0.6 is 0 Å². The van der Waals surface area contributed by atoms with E-state index in [1.165, 1.54) is 24.3 Å². The Morgan fingerprint density at radius 1 is 1.00 bits per heavy atom. The summed E-state index contributed by atoms with van der Waals surface area (Å²) in [6.07, 6.45) is 0. The van der Waals surface area contributed by atoms with E-state index < -0.39 is 5.97 Å². The monoisotopic (exact) mass is 260 g/mol. The number of hydrogen-bond donors (Lipinski definition) is 0. The molecule has 2 aromatic rings. The van der Waals surface area contributed by atoms with Crippen molar-refractivity contribution in [1.29, 1.82) is 0 Å². The molecule has 0 bridgehead atoms. The first-order chi connectivity index (χ1) is 9.13. The SMILES string of the molecule is Cc1ccc(OCC(=O)Oc2ccc(F)cc2)cc1. The molecule has 0 saturated heterocycles. The fourth-order valence-corrected chi connectivity index (χ4v) is 1.44. The molecule has 0 saturated carbocycles. The summed E-state index contributed by atoms with van der Waals surface area (Å²) in [5, 5.41) is 0. The van der Waals surface area contributed by atoms with Crippen LogP contribution in [0.15, 0.2) is 48.5 Å². The van der Waals surface area contributed by atoms with Crippen LogP contribution in [0.3, 0.4) is 0 Å². The molecule has 0 aliphatic rings. The molecule has 0 radical (unpaired) electrons. The Morgan fingerprint density at radius 3 is 2.21 bits per heavy atom. The molecule has 0 atom stereocenters. The van der Waals surface area contributed by atoms with Crippen LogP contribution in [0.5, 0.6) is 11.5 Å². The third-order valence-electron chi connectivity index (χ3n) is 2.42. The summed E-state index contributed by atoms with van der Waals surface area (Å²) in [7, 11) is 0. The van der Waals surface area contributed by atoms with Crippen molar-refractivity contribution >= 4 is 5.97 Å². The molecule has 0 aliphatic carbocycles. The first-order valence-corrected chi connectivity index (χ1v) is 5.79. The molecule has 3 nitrogen and oxygen atoms in total. The molecule has 0 unspecified atom stereocenters. The van der Waals surface area contributed by atoms with Gasteiger partial charge in [-0.3, -0.25) is 0 Å². The number of carbonyl (C=O) groups excluding carboxylic acids is 1. The molecule has 0 N–H and O–H groups in total. The first-order valence-electron chi connectivity index (χ1n) is 5.79. The van der Waals surface area contributed by atoms with Crippen molar-refractivity contribution in [2.45, 2.75) is 6.92 Å². The number of hydrogen-bond acceptors (Lipinski definition) is 3. The molecular weight excluding hydrogens is 247 g/mol. The van der Waals surface area contributed by atoms with Gasteiger partial charge in [-0.05, 0) is 43.3 Å². The van der Waals surface area contributed by atoms with Crippen LogP contribution in [0.1, 0.15) is 5.56 Å². The maximum atomic E-state index is 12.7. The highest BCUT2D eigenvalue weighted by Gasteiger charge is 2.06. The summed E-state index contributed by atoms with van der Waals surface area (Å²) in [6.45, 7) is 1.77. The molecule has 4 heteroatoms. The zero-order valence-corrected chi connectivity index (χ0v) is 10.4. The van der Waals surface area contributed by atoms with Crippen LogP contribution in [-0.4, -0.2) is 12.6 Å². The van der Waals surface area contributed by atoms with Gasteiger partial charge in [0.25, 0.3) is 0 Å². The van der Waals surface area contributed by atoms with Crippen LogP contribution in [0.25, 0.3) is 0 Å². The van der Waals surface area contributed by atoms with E-state index in [1.54, 1.807) is 12.1 Å². The molecular formula is C15H13FO3. The fraction of sp³-hybridized carbons (Fsp3) is 0.133. The van der Waals surface area contributed by atoms with E-state index >= 15 is 0 Å². The Bertz CT molecular complexity index is 547. The van der Waals surface area contributed by atoms with Crippen molar-refractivity contribution in [3.05, 3.63) is 59.9 Å². The predicted molar refractivity (Wildman–Crippen MR) is 68.7 cm³/mol. The largest absolute Gasteiger partial charge is 0.482 e. The summed E-state index contributed by atoms with van der Waals surface area (Å²) in [5.41, 5.74) is 1.11. The maximum Gasteiger partial charge on any atom is 0.349 e. The molecule has 0 fully saturated rings. The lowest BCUT2D eigenvalue weighted by atomic mass is 10.2. The first kappa shape index (κ1) is 13.1. The summed E-state index contributed by atoms with van der Waals surface area (Å²) in [4.78, 5) is 11.5. The number of halogens is 1. The number of esters is 1. The van der Waals surface area contributed by atoms with Gasteiger partial charge in [0, 0.05) is 0 Å². The van der Waals surface area contributed by atoms with E-state index in [-0.39, 0.29) is 12.4 Å². The van der Waals surface area contributed by atoms with E-state index in [0.717, 1.165) is 5.56 Å². The van der Waals surface area contributed by atoms with Gasteiger partial charge in [-0.15, -0.1) is 0 Å². The number of benzene rings is 2.